The minimum Gasteiger partial charge on any atom is -0.384 e. The molecule has 2 aromatic rings. The summed E-state index contributed by atoms with van der Waals surface area (Å²) in [5, 5.41) is 10.8. The third-order valence-corrected chi connectivity index (χ3v) is 2.91. The van der Waals surface area contributed by atoms with Crippen molar-refractivity contribution in [3.63, 3.8) is 0 Å². The highest BCUT2D eigenvalue weighted by atomic mass is 35.5. The third kappa shape index (κ3) is 2.05. The van der Waals surface area contributed by atoms with Gasteiger partial charge < -0.3 is 5.11 Å². The zero-order chi connectivity index (χ0) is 11.5. The molecule has 1 N–H and O–H groups in total. The molecular weight excluding hydrogens is 224 g/mol. The maximum atomic E-state index is 10.2. The van der Waals surface area contributed by atoms with Crippen LogP contribution in [-0.2, 0) is 0 Å². The van der Waals surface area contributed by atoms with Gasteiger partial charge in [0, 0.05) is 23.0 Å². The van der Waals surface area contributed by atoms with Crippen molar-refractivity contribution in [1.29, 1.82) is 0 Å². The summed E-state index contributed by atoms with van der Waals surface area (Å²) in [7, 11) is 0. The van der Waals surface area contributed by atoms with Crippen LogP contribution in [0.15, 0.2) is 36.9 Å². The predicted octanol–water partition coefficient (Wildman–Crippen LogP) is 2.52. The first-order valence-corrected chi connectivity index (χ1v) is 5.26. The Morgan fingerprint density at radius 2 is 1.94 bits per heavy atom. The van der Waals surface area contributed by atoms with Gasteiger partial charge in [0.15, 0.2) is 0 Å². The normalized spacial score (nSPS) is 12.4. The van der Waals surface area contributed by atoms with Crippen LogP contribution in [-0.4, -0.2) is 15.1 Å². The summed E-state index contributed by atoms with van der Waals surface area (Å²) in [6.45, 7) is 1.88. The van der Waals surface area contributed by atoms with Crippen molar-refractivity contribution < 1.29 is 5.11 Å². The van der Waals surface area contributed by atoms with Crippen LogP contribution in [0.5, 0.6) is 0 Å². The molecule has 0 aliphatic carbocycles. The molecule has 1 atom stereocenters. The first-order chi connectivity index (χ1) is 7.70. The average Bonchev–Trinajstić information content (AvgIpc) is 2.33. The molecule has 0 saturated carbocycles. The molecule has 1 aromatic carbocycles. The van der Waals surface area contributed by atoms with Gasteiger partial charge in [-0.15, -0.1) is 0 Å². The molecule has 0 bridgehead atoms. The first kappa shape index (κ1) is 11.0. The molecule has 0 spiro atoms. The summed E-state index contributed by atoms with van der Waals surface area (Å²) in [4.78, 5) is 7.76. The Balaban J connectivity index is 2.42. The summed E-state index contributed by atoms with van der Waals surface area (Å²) < 4.78 is 0. The highest BCUT2D eigenvalue weighted by Crippen LogP contribution is 2.27. The zero-order valence-corrected chi connectivity index (χ0v) is 9.52. The van der Waals surface area contributed by atoms with Gasteiger partial charge >= 0.3 is 0 Å². The number of aliphatic hydroxyl groups is 1. The molecule has 3 nitrogen and oxygen atoms in total. The first-order valence-electron chi connectivity index (χ1n) is 4.88. The van der Waals surface area contributed by atoms with Crippen LogP contribution in [0.1, 0.15) is 22.8 Å². The molecule has 16 heavy (non-hydrogen) atoms. The van der Waals surface area contributed by atoms with Crippen molar-refractivity contribution in [3.8, 4) is 0 Å². The predicted molar refractivity (Wildman–Crippen MR) is 62.3 cm³/mol. The molecule has 1 aromatic heterocycles. The van der Waals surface area contributed by atoms with Gasteiger partial charge in [-0.3, -0.25) is 0 Å². The Labute approximate surface area is 98.8 Å². The second-order valence-corrected chi connectivity index (χ2v) is 3.94. The van der Waals surface area contributed by atoms with Crippen molar-refractivity contribution >= 4 is 11.6 Å². The van der Waals surface area contributed by atoms with Crippen LogP contribution < -0.4 is 0 Å². The maximum absolute atomic E-state index is 10.2. The summed E-state index contributed by atoms with van der Waals surface area (Å²) in [6.07, 6.45) is 3.89. The minimum atomic E-state index is -0.736. The van der Waals surface area contributed by atoms with Crippen LogP contribution in [0.25, 0.3) is 0 Å². The summed E-state index contributed by atoms with van der Waals surface area (Å²) >= 11 is 6.00. The smallest absolute Gasteiger partial charge is 0.115 e. The van der Waals surface area contributed by atoms with Crippen LogP contribution in [0.2, 0.25) is 5.02 Å². The van der Waals surface area contributed by atoms with E-state index in [2.05, 4.69) is 9.97 Å². The van der Waals surface area contributed by atoms with Gasteiger partial charge in [0.05, 0.1) is 0 Å². The van der Waals surface area contributed by atoms with E-state index < -0.39 is 6.10 Å². The van der Waals surface area contributed by atoms with Crippen molar-refractivity contribution in [2.24, 2.45) is 0 Å². The third-order valence-electron chi connectivity index (χ3n) is 2.50. The van der Waals surface area contributed by atoms with E-state index in [1.54, 1.807) is 18.5 Å². The molecule has 2 rings (SSSR count). The number of aliphatic hydroxyl groups excluding tert-OH is 1. The fourth-order valence-electron chi connectivity index (χ4n) is 1.55. The molecule has 0 fully saturated rings. The number of benzene rings is 1. The number of halogens is 1. The number of hydrogen-bond acceptors (Lipinski definition) is 3. The molecule has 0 amide bonds. The molecule has 4 heteroatoms. The molecule has 1 heterocycles. The average molecular weight is 235 g/mol. The van der Waals surface area contributed by atoms with E-state index in [1.165, 1.54) is 6.33 Å². The highest BCUT2D eigenvalue weighted by Gasteiger charge is 2.14. The fourth-order valence-corrected chi connectivity index (χ4v) is 1.73. The van der Waals surface area contributed by atoms with Crippen molar-refractivity contribution in [2.75, 3.05) is 0 Å². The molecule has 82 valence electrons. The Kier molecular flexibility index (Phi) is 3.17. The Hall–Kier alpha value is -1.45. The van der Waals surface area contributed by atoms with Crippen LogP contribution in [0.3, 0.4) is 0 Å². The lowest BCUT2D eigenvalue weighted by Gasteiger charge is -2.14. The highest BCUT2D eigenvalue weighted by molar-refractivity contribution is 6.31. The van der Waals surface area contributed by atoms with E-state index in [0.717, 1.165) is 11.1 Å². The fraction of sp³-hybridized carbons (Fsp3) is 0.167. The van der Waals surface area contributed by atoms with Gasteiger partial charge in [0.25, 0.3) is 0 Å². The van der Waals surface area contributed by atoms with Crippen LogP contribution in [0, 0.1) is 6.92 Å². The lowest BCUT2D eigenvalue weighted by molar-refractivity contribution is 0.218. The molecule has 0 aliphatic heterocycles. The number of hydrogen-bond donors (Lipinski definition) is 1. The van der Waals surface area contributed by atoms with E-state index in [-0.39, 0.29) is 0 Å². The number of rotatable bonds is 2. The van der Waals surface area contributed by atoms with Crippen LogP contribution >= 0.6 is 11.6 Å². The lowest BCUT2D eigenvalue weighted by Crippen LogP contribution is -2.03. The number of nitrogens with zero attached hydrogens (tertiary/aromatic N) is 2. The number of aromatic nitrogens is 2. The summed E-state index contributed by atoms with van der Waals surface area (Å²) in [5.74, 6) is 0. The van der Waals surface area contributed by atoms with E-state index in [1.807, 2.05) is 19.1 Å². The van der Waals surface area contributed by atoms with E-state index in [4.69, 9.17) is 11.6 Å². The molecule has 0 radical (unpaired) electrons. The molecular formula is C12H11ClN2O. The van der Waals surface area contributed by atoms with Gasteiger partial charge in [-0.1, -0.05) is 23.7 Å². The Morgan fingerprint density at radius 3 is 2.62 bits per heavy atom. The van der Waals surface area contributed by atoms with Gasteiger partial charge in [-0.25, -0.2) is 9.97 Å². The second-order valence-electron chi connectivity index (χ2n) is 3.53. The SMILES string of the molecule is Cc1c(Cl)cccc1C(O)c1cncnc1. The molecule has 0 saturated heterocycles. The van der Waals surface area contributed by atoms with E-state index in [0.29, 0.717) is 10.6 Å². The lowest BCUT2D eigenvalue weighted by atomic mass is 9.99. The topological polar surface area (TPSA) is 46.0 Å². The van der Waals surface area contributed by atoms with E-state index in [9.17, 15) is 5.11 Å². The van der Waals surface area contributed by atoms with Gasteiger partial charge in [0.2, 0.25) is 0 Å². The van der Waals surface area contributed by atoms with Crippen molar-refractivity contribution in [1.82, 2.24) is 9.97 Å². The standard InChI is InChI=1S/C12H11ClN2O/c1-8-10(3-2-4-11(8)13)12(16)9-5-14-7-15-6-9/h2-7,12,16H,1H3. The monoisotopic (exact) mass is 234 g/mol. The molecule has 1 unspecified atom stereocenters. The minimum absolute atomic E-state index is 0.647. The summed E-state index contributed by atoms with van der Waals surface area (Å²) in [5.41, 5.74) is 2.32. The van der Waals surface area contributed by atoms with Gasteiger partial charge in [0.1, 0.15) is 12.4 Å². The largest absolute Gasteiger partial charge is 0.384 e. The summed E-state index contributed by atoms with van der Waals surface area (Å²) in [6, 6.07) is 5.46. The van der Waals surface area contributed by atoms with Gasteiger partial charge in [-0.05, 0) is 24.1 Å². The second kappa shape index (κ2) is 4.60. The quantitative estimate of drug-likeness (QED) is 0.869. The maximum Gasteiger partial charge on any atom is 0.115 e. The van der Waals surface area contributed by atoms with Gasteiger partial charge in [-0.2, -0.15) is 0 Å². The molecule has 0 aliphatic rings. The Bertz CT molecular complexity index is 488. The zero-order valence-electron chi connectivity index (χ0n) is 8.76. The van der Waals surface area contributed by atoms with Crippen molar-refractivity contribution in [2.45, 2.75) is 13.0 Å². The van der Waals surface area contributed by atoms with Crippen LogP contribution in [0.4, 0.5) is 0 Å². The Morgan fingerprint density at radius 1 is 1.25 bits per heavy atom. The van der Waals surface area contributed by atoms with Crippen molar-refractivity contribution in [3.05, 3.63) is 58.6 Å². The van der Waals surface area contributed by atoms with E-state index >= 15 is 0 Å².